The Bertz CT molecular complexity index is 827. The van der Waals surface area contributed by atoms with E-state index in [0.29, 0.717) is 49.9 Å². The summed E-state index contributed by atoms with van der Waals surface area (Å²) in [6.45, 7) is 16.1. The fourth-order valence-electron chi connectivity index (χ4n) is 5.73. The van der Waals surface area contributed by atoms with Gasteiger partial charge in [-0.1, -0.05) is 47.6 Å². The first-order valence-electron chi connectivity index (χ1n) is 14.2. The van der Waals surface area contributed by atoms with E-state index < -0.39 is 11.7 Å². The number of nitrogens with one attached hydrogen (secondary N) is 1. The molecule has 0 radical (unpaired) electrons. The second kappa shape index (κ2) is 14.4. The Kier molecular flexibility index (Phi) is 12.2. The second-order valence-electron chi connectivity index (χ2n) is 10.1. The third-order valence-electron chi connectivity index (χ3n) is 7.81. The van der Waals surface area contributed by atoms with E-state index in [1.165, 1.54) is 12.1 Å². The van der Waals surface area contributed by atoms with Gasteiger partial charge in [-0.05, 0) is 56.2 Å². The molecular formula is C29H48F3N3O2. The van der Waals surface area contributed by atoms with Crippen LogP contribution in [0, 0.1) is 11.3 Å². The van der Waals surface area contributed by atoms with Crippen LogP contribution in [0.25, 0.3) is 0 Å². The van der Waals surface area contributed by atoms with Gasteiger partial charge in [0.25, 0.3) is 0 Å². The Morgan fingerprint density at radius 1 is 1.11 bits per heavy atom. The molecule has 1 aromatic carbocycles. The SMILES string of the molecule is CC.CC.CCC1COCCC1NC1CCC(C)(C(=O)N2CCN(c3cccc(C(F)(F)F)c3)CC2)C1. The van der Waals surface area contributed by atoms with Crippen LogP contribution in [0.5, 0.6) is 0 Å². The molecule has 1 aromatic rings. The molecule has 3 fully saturated rings. The number of nitrogens with zero attached hydrogens (tertiary/aromatic N) is 2. The molecule has 4 atom stereocenters. The van der Waals surface area contributed by atoms with Crippen LogP contribution in [0.2, 0.25) is 0 Å². The quantitative estimate of drug-likeness (QED) is 0.483. The minimum absolute atomic E-state index is 0.189. The first-order chi connectivity index (χ1) is 17.7. The highest BCUT2D eigenvalue weighted by Gasteiger charge is 2.44. The van der Waals surface area contributed by atoms with Crippen LogP contribution in [0.15, 0.2) is 24.3 Å². The number of amides is 1. The van der Waals surface area contributed by atoms with E-state index in [-0.39, 0.29) is 11.3 Å². The van der Waals surface area contributed by atoms with Gasteiger partial charge in [0.1, 0.15) is 0 Å². The number of carbonyl (C=O) groups is 1. The van der Waals surface area contributed by atoms with Crippen molar-refractivity contribution in [3.8, 4) is 0 Å². The molecule has 4 rings (SSSR count). The first-order valence-corrected chi connectivity index (χ1v) is 14.2. The Labute approximate surface area is 222 Å². The smallest absolute Gasteiger partial charge is 0.381 e. The minimum Gasteiger partial charge on any atom is -0.381 e. The zero-order valence-electron chi connectivity index (χ0n) is 23.7. The van der Waals surface area contributed by atoms with Crippen LogP contribution in [0.1, 0.15) is 79.2 Å². The number of hydrogen-bond donors (Lipinski definition) is 1. The van der Waals surface area contributed by atoms with Gasteiger partial charge in [0.05, 0.1) is 12.2 Å². The molecule has 0 spiro atoms. The molecule has 2 saturated heterocycles. The summed E-state index contributed by atoms with van der Waals surface area (Å²) in [6, 6.07) is 6.26. The molecule has 5 nitrogen and oxygen atoms in total. The van der Waals surface area contributed by atoms with Gasteiger partial charge < -0.3 is 19.9 Å². The van der Waals surface area contributed by atoms with Crippen molar-refractivity contribution in [2.24, 2.45) is 11.3 Å². The molecule has 3 aliphatic rings. The molecule has 0 aromatic heterocycles. The summed E-state index contributed by atoms with van der Waals surface area (Å²) < 4.78 is 44.8. The number of carbonyl (C=O) groups excluding carboxylic acids is 1. The van der Waals surface area contributed by atoms with Gasteiger partial charge in [-0.15, -0.1) is 0 Å². The number of alkyl halides is 3. The van der Waals surface area contributed by atoms with Gasteiger partial charge in [-0.2, -0.15) is 13.2 Å². The van der Waals surface area contributed by atoms with Crippen molar-refractivity contribution in [3.63, 3.8) is 0 Å². The van der Waals surface area contributed by atoms with Gasteiger partial charge >= 0.3 is 6.18 Å². The van der Waals surface area contributed by atoms with E-state index in [9.17, 15) is 18.0 Å². The summed E-state index contributed by atoms with van der Waals surface area (Å²) in [6.07, 6.45) is 0.482. The number of hydrogen-bond acceptors (Lipinski definition) is 4. The van der Waals surface area contributed by atoms with E-state index in [0.717, 1.165) is 51.4 Å². The number of piperazine rings is 1. The maximum atomic E-state index is 13.4. The Morgan fingerprint density at radius 2 is 1.78 bits per heavy atom. The van der Waals surface area contributed by atoms with Crippen LogP contribution < -0.4 is 10.2 Å². The Hall–Kier alpha value is -1.80. The first kappa shape index (κ1) is 31.4. The van der Waals surface area contributed by atoms with Crippen LogP contribution in [-0.4, -0.2) is 62.3 Å². The molecule has 0 bridgehead atoms. The summed E-state index contributed by atoms with van der Waals surface area (Å²) >= 11 is 0. The molecule has 1 amide bonds. The molecule has 37 heavy (non-hydrogen) atoms. The van der Waals surface area contributed by atoms with Gasteiger partial charge in [0.2, 0.25) is 5.91 Å². The number of rotatable bonds is 5. The summed E-state index contributed by atoms with van der Waals surface area (Å²) in [5.74, 6) is 0.722. The summed E-state index contributed by atoms with van der Waals surface area (Å²) in [7, 11) is 0. The van der Waals surface area contributed by atoms with Crippen molar-refractivity contribution in [1.29, 1.82) is 0 Å². The van der Waals surface area contributed by atoms with Crippen molar-refractivity contribution in [2.75, 3.05) is 44.3 Å². The number of anilines is 1. The van der Waals surface area contributed by atoms with Crippen molar-refractivity contribution < 1.29 is 22.7 Å². The maximum absolute atomic E-state index is 13.4. The van der Waals surface area contributed by atoms with Crippen molar-refractivity contribution >= 4 is 11.6 Å². The predicted molar refractivity (Wildman–Crippen MR) is 145 cm³/mol. The fourth-order valence-corrected chi connectivity index (χ4v) is 5.73. The zero-order valence-corrected chi connectivity index (χ0v) is 23.7. The molecular weight excluding hydrogens is 479 g/mol. The fraction of sp³-hybridized carbons (Fsp3) is 0.759. The van der Waals surface area contributed by atoms with Crippen LogP contribution in [0.3, 0.4) is 0 Å². The number of benzene rings is 1. The van der Waals surface area contributed by atoms with Crippen molar-refractivity contribution in [1.82, 2.24) is 10.2 Å². The Morgan fingerprint density at radius 3 is 2.41 bits per heavy atom. The third kappa shape index (κ3) is 8.09. The maximum Gasteiger partial charge on any atom is 0.416 e. The highest BCUT2D eigenvalue weighted by molar-refractivity contribution is 5.83. The van der Waals surface area contributed by atoms with Gasteiger partial charge in [0, 0.05) is 56.0 Å². The highest BCUT2D eigenvalue weighted by Crippen LogP contribution is 2.40. The zero-order chi connectivity index (χ0) is 27.6. The Balaban J connectivity index is 0.00000115. The van der Waals surface area contributed by atoms with Gasteiger partial charge in [-0.25, -0.2) is 0 Å². The molecule has 2 aliphatic heterocycles. The van der Waals surface area contributed by atoms with Gasteiger partial charge in [-0.3, -0.25) is 4.79 Å². The lowest BCUT2D eigenvalue weighted by molar-refractivity contribution is -0.141. The van der Waals surface area contributed by atoms with Crippen molar-refractivity contribution in [2.45, 2.75) is 91.9 Å². The van der Waals surface area contributed by atoms with Gasteiger partial charge in [0.15, 0.2) is 0 Å². The van der Waals surface area contributed by atoms with Crippen LogP contribution in [0.4, 0.5) is 18.9 Å². The summed E-state index contributed by atoms with van der Waals surface area (Å²) in [5, 5.41) is 3.83. The third-order valence-corrected chi connectivity index (χ3v) is 7.81. The van der Waals surface area contributed by atoms with Crippen molar-refractivity contribution in [3.05, 3.63) is 29.8 Å². The molecule has 1 aliphatic carbocycles. The lowest BCUT2D eigenvalue weighted by Gasteiger charge is -2.40. The monoisotopic (exact) mass is 527 g/mol. The van der Waals surface area contributed by atoms with E-state index >= 15 is 0 Å². The summed E-state index contributed by atoms with van der Waals surface area (Å²) in [5.41, 5.74) is -0.441. The lowest BCUT2D eigenvalue weighted by Crippen LogP contribution is -2.53. The average molecular weight is 528 g/mol. The molecule has 2 heterocycles. The molecule has 1 saturated carbocycles. The standard InChI is InChI=1S/C25H36F3N3O2.2C2H6/c1-3-18-17-33-14-8-22(18)29-20-7-9-24(2,16-20)23(32)31-12-10-30(11-13-31)21-6-4-5-19(15-21)25(26,27)28;2*1-2/h4-6,15,18,20,22,29H,3,7-14,16-17H2,1-2H3;2*1-2H3. The molecule has 8 heteroatoms. The summed E-state index contributed by atoms with van der Waals surface area (Å²) in [4.78, 5) is 17.3. The van der Waals surface area contributed by atoms with E-state index in [2.05, 4.69) is 19.2 Å². The van der Waals surface area contributed by atoms with E-state index in [1.807, 2.05) is 37.5 Å². The largest absolute Gasteiger partial charge is 0.416 e. The van der Waals surface area contributed by atoms with Crippen LogP contribution in [-0.2, 0) is 15.7 Å². The van der Waals surface area contributed by atoms with E-state index in [1.54, 1.807) is 6.07 Å². The molecule has 4 unspecified atom stereocenters. The number of halogens is 3. The highest BCUT2D eigenvalue weighted by atomic mass is 19.4. The second-order valence-corrected chi connectivity index (χ2v) is 10.1. The van der Waals surface area contributed by atoms with Crippen LogP contribution >= 0.6 is 0 Å². The topological polar surface area (TPSA) is 44.8 Å². The van der Waals surface area contributed by atoms with E-state index in [4.69, 9.17) is 4.74 Å². The minimum atomic E-state index is -4.35. The normalized spacial score (nSPS) is 28.1. The predicted octanol–water partition coefficient (Wildman–Crippen LogP) is 6.37. The average Bonchev–Trinajstić information content (AvgIpc) is 3.32. The molecule has 212 valence electrons. The number of ether oxygens (including phenoxy) is 1. The lowest BCUT2D eigenvalue weighted by atomic mass is 9.86. The molecule has 1 N–H and O–H groups in total.